The number of benzene rings is 1. The fraction of sp³-hybridized carbons (Fsp3) is 0.632. The number of halogens is 1. The first-order chi connectivity index (χ1) is 12.7. The topological polar surface area (TPSA) is 110 Å². The maximum atomic E-state index is 13.0. The predicted molar refractivity (Wildman–Crippen MR) is 101 cm³/mol. The van der Waals surface area contributed by atoms with E-state index in [1.165, 1.54) is 0 Å². The zero-order valence-corrected chi connectivity index (χ0v) is 16.3. The van der Waals surface area contributed by atoms with Crippen molar-refractivity contribution >= 4 is 17.5 Å². The molecule has 1 heterocycles. The van der Waals surface area contributed by atoms with Crippen LogP contribution in [0.25, 0.3) is 0 Å². The molecular formula is C19H28ClNO6. The summed E-state index contributed by atoms with van der Waals surface area (Å²) in [5.41, 5.74) is 0.413. The van der Waals surface area contributed by atoms with Gasteiger partial charge < -0.3 is 30.1 Å². The lowest BCUT2D eigenvalue weighted by Gasteiger charge is -2.41. The van der Waals surface area contributed by atoms with E-state index in [1.54, 1.807) is 29.2 Å². The van der Waals surface area contributed by atoms with Crippen LogP contribution in [0.1, 0.15) is 30.6 Å². The van der Waals surface area contributed by atoms with Gasteiger partial charge in [-0.05, 0) is 30.5 Å². The Labute approximate surface area is 164 Å². The second kappa shape index (κ2) is 9.82. The van der Waals surface area contributed by atoms with Crippen LogP contribution in [0.4, 0.5) is 0 Å². The minimum atomic E-state index is -1.46. The van der Waals surface area contributed by atoms with Gasteiger partial charge in [0, 0.05) is 23.7 Å². The van der Waals surface area contributed by atoms with E-state index < -0.39 is 37.1 Å². The lowest BCUT2D eigenvalue weighted by Crippen LogP contribution is -2.61. The van der Waals surface area contributed by atoms with Gasteiger partial charge in [0.15, 0.2) is 0 Å². The van der Waals surface area contributed by atoms with Gasteiger partial charge in [-0.1, -0.05) is 31.5 Å². The summed E-state index contributed by atoms with van der Waals surface area (Å²) in [7, 11) is 0. The first-order valence-corrected chi connectivity index (χ1v) is 9.47. The van der Waals surface area contributed by atoms with Crippen molar-refractivity contribution < 1.29 is 30.0 Å². The van der Waals surface area contributed by atoms with E-state index in [0.717, 1.165) is 6.42 Å². The van der Waals surface area contributed by atoms with Gasteiger partial charge in [-0.15, -0.1) is 0 Å². The van der Waals surface area contributed by atoms with Crippen molar-refractivity contribution in [2.24, 2.45) is 5.92 Å². The molecule has 152 valence electrons. The maximum Gasteiger partial charge on any atom is 0.253 e. The molecule has 0 aromatic heterocycles. The highest BCUT2D eigenvalue weighted by molar-refractivity contribution is 6.30. The van der Waals surface area contributed by atoms with E-state index in [-0.39, 0.29) is 12.5 Å². The predicted octanol–water partition coefficient (Wildman–Crippen LogP) is 0.671. The van der Waals surface area contributed by atoms with E-state index in [9.17, 15) is 25.2 Å². The Bertz CT molecular complexity index is 626. The highest BCUT2D eigenvalue weighted by Gasteiger charge is 2.44. The fourth-order valence-electron chi connectivity index (χ4n) is 3.04. The van der Waals surface area contributed by atoms with Crippen molar-refractivity contribution in [1.82, 2.24) is 4.90 Å². The van der Waals surface area contributed by atoms with E-state index in [0.29, 0.717) is 23.0 Å². The number of hydrogen-bond acceptors (Lipinski definition) is 6. The van der Waals surface area contributed by atoms with Crippen LogP contribution in [0.2, 0.25) is 5.02 Å². The highest BCUT2D eigenvalue weighted by atomic mass is 35.5. The van der Waals surface area contributed by atoms with Crippen LogP contribution in [-0.2, 0) is 4.74 Å². The lowest BCUT2D eigenvalue weighted by molar-refractivity contribution is -0.230. The zero-order chi connectivity index (χ0) is 20.1. The molecule has 0 unspecified atom stereocenters. The first-order valence-electron chi connectivity index (χ1n) is 9.10. The minimum absolute atomic E-state index is 0.0134. The number of rotatable bonds is 7. The van der Waals surface area contributed by atoms with Gasteiger partial charge in [0.25, 0.3) is 5.91 Å². The molecule has 0 bridgehead atoms. The Morgan fingerprint density at radius 2 is 1.85 bits per heavy atom. The van der Waals surface area contributed by atoms with Crippen molar-refractivity contribution in [3.63, 3.8) is 0 Å². The van der Waals surface area contributed by atoms with Crippen molar-refractivity contribution in [2.45, 2.75) is 50.8 Å². The molecule has 7 nitrogen and oxygen atoms in total. The molecule has 0 radical (unpaired) electrons. The lowest BCUT2D eigenvalue weighted by atomic mass is 9.94. The average molecular weight is 402 g/mol. The zero-order valence-electron chi connectivity index (χ0n) is 15.5. The monoisotopic (exact) mass is 401 g/mol. The van der Waals surface area contributed by atoms with E-state index in [2.05, 4.69) is 0 Å². The molecule has 0 saturated carbocycles. The third kappa shape index (κ3) is 5.63. The van der Waals surface area contributed by atoms with Crippen molar-refractivity contribution in [3.8, 4) is 0 Å². The highest BCUT2D eigenvalue weighted by Crippen LogP contribution is 2.23. The Morgan fingerprint density at radius 3 is 2.44 bits per heavy atom. The van der Waals surface area contributed by atoms with Gasteiger partial charge in [-0.3, -0.25) is 4.79 Å². The quantitative estimate of drug-likeness (QED) is 0.534. The number of aliphatic hydroxyl groups is 4. The Hall–Kier alpha value is -1.22. The Morgan fingerprint density at radius 1 is 1.19 bits per heavy atom. The van der Waals surface area contributed by atoms with Crippen molar-refractivity contribution in [3.05, 3.63) is 34.9 Å². The molecular weight excluding hydrogens is 374 g/mol. The molecule has 4 N–H and O–H groups in total. The molecule has 0 spiro atoms. The smallest absolute Gasteiger partial charge is 0.253 e. The molecule has 1 aliphatic heterocycles. The summed E-state index contributed by atoms with van der Waals surface area (Å²) < 4.78 is 5.55. The molecule has 1 aliphatic rings. The summed E-state index contributed by atoms with van der Waals surface area (Å²) >= 11 is 5.99. The normalized spacial score (nSPS) is 28.4. The van der Waals surface area contributed by atoms with Crippen LogP contribution in [-0.4, -0.2) is 81.4 Å². The molecule has 1 amide bonds. The van der Waals surface area contributed by atoms with Gasteiger partial charge in [0.2, 0.25) is 0 Å². The Kier molecular flexibility index (Phi) is 8.03. The number of ether oxygens (including phenoxy) is 1. The molecule has 1 aromatic rings. The summed E-state index contributed by atoms with van der Waals surface area (Å²) in [4.78, 5) is 14.5. The number of hydrogen-bond donors (Lipinski definition) is 4. The van der Waals surface area contributed by atoms with Crippen LogP contribution < -0.4 is 0 Å². The summed E-state index contributed by atoms with van der Waals surface area (Å²) in [6.45, 7) is 4.01. The average Bonchev–Trinajstić information content (AvgIpc) is 2.64. The van der Waals surface area contributed by atoms with Crippen LogP contribution in [0, 0.1) is 5.92 Å². The van der Waals surface area contributed by atoms with Crippen molar-refractivity contribution in [2.75, 3.05) is 19.7 Å². The number of carbonyl (C=O) groups excluding carboxylic acids is 1. The standard InChI is InChI=1S/C19H28ClNO6/c1-11(2)6-7-21(19(26)12-4-3-5-13(20)8-12)9-14-16(23)18(25)17(24)15(10-22)27-14/h3-5,8,11,14-18,22-25H,6-7,9-10H2,1-2H3/t14-,15+,16+,17+,18+/m0/s1. The van der Waals surface area contributed by atoms with E-state index >= 15 is 0 Å². The molecule has 8 heteroatoms. The van der Waals surface area contributed by atoms with Gasteiger partial charge in [-0.25, -0.2) is 0 Å². The van der Waals surface area contributed by atoms with E-state index in [1.807, 2.05) is 13.8 Å². The third-order valence-corrected chi connectivity index (χ3v) is 4.96. The SMILES string of the molecule is CC(C)CCN(C[C@@H]1O[C@H](CO)[C@@H](O)[C@H](O)[C@@H]1O)C(=O)c1cccc(Cl)c1. The molecule has 1 fully saturated rings. The van der Waals surface area contributed by atoms with Crippen molar-refractivity contribution in [1.29, 1.82) is 0 Å². The summed E-state index contributed by atoms with van der Waals surface area (Å²) in [5.74, 6) is 0.0876. The van der Waals surface area contributed by atoms with Crippen LogP contribution in [0.5, 0.6) is 0 Å². The van der Waals surface area contributed by atoms with Gasteiger partial charge >= 0.3 is 0 Å². The molecule has 1 aromatic carbocycles. The second-order valence-corrected chi connectivity index (χ2v) is 7.75. The molecule has 0 aliphatic carbocycles. The third-order valence-electron chi connectivity index (χ3n) is 4.73. The number of amides is 1. The largest absolute Gasteiger partial charge is 0.394 e. The maximum absolute atomic E-state index is 13.0. The summed E-state index contributed by atoms with van der Waals surface area (Å²) in [5, 5.41) is 39.9. The first kappa shape index (κ1) is 22.1. The number of nitrogens with zero attached hydrogens (tertiary/aromatic N) is 1. The molecule has 27 heavy (non-hydrogen) atoms. The van der Waals surface area contributed by atoms with Gasteiger partial charge in [0.1, 0.15) is 30.5 Å². The molecule has 5 atom stereocenters. The molecule has 2 rings (SSSR count). The molecule has 1 saturated heterocycles. The van der Waals surface area contributed by atoms with Crippen LogP contribution >= 0.6 is 11.6 Å². The minimum Gasteiger partial charge on any atom is -0.394 e. The van der Waals surface area contributed by atoms with Gasteiger partial charge in [0.05, 0.1) is 6.61 Å². The Balaban J connectivity index is 2.19. The number of aliphatic hydroxyl groups excluding tert-OH is 4. The second-order valence-electron chi connectivity index (χ2n) is 7.31. The number of carbonyl (C=O) groups is 1. The fourth-order valence-corrected chi connectivity index (χ4v) is 3.23. The summed E-state index contributed by atoms with van der Waals surface area (Å²) in [6, 6.07) is 6.59. The summed E-state index contributed by atoms with van der Waals surface area (Å²) in [6.07, 6.45) is -5.46. The van der Waals surface area contributed by atoms with Gasteiger partial charge in [-0.2, -0.15) is 0 Å². The van der Waals surface area contributed by atoms with E-state index in [4.69, 9.17) is 16.3 Å². The van der Waals surface area contributed by atoms with Crippen LogP contribution in [0.15, 0.2) is 24.3 Å². The van der Waals surface area contributed by atoms with Crippen LogP contribution in [0.3, 0.4) is 0 Å².